The Hall–Kier alpha value is -2.42. The van der Waals surface area contributed by atoms with Gasteiger partial charge in [-0.25, -0.2) is 10.5 Å². The van der Waals surface area contributed by atoms with E-state index in [9.17, 15) is 4.79 Å². The Morgan fingerprint density at radius 2 is 2.39 bits per heavy atom. The highest BCUT2D eigenvalue weighted by Gasteiger charge is 2.08. The number of ether oxygens (including phenoxy) is 1. The van der Waals surface area contributed by atoms with E-state index in [1.165, 1.54) is 10.9 Å². The summed E-state index contributed by atoms with van der Waals surface area (Å²) in [6.45, 7) is 0.873. The summed E-state index contributed by atoms with van der Waals surface area (Å²) in [7, 11) is 1.81. The maximum absolute atomic E-state index is 11.1. The predicted molar refractivity (Wildman–Crippen MR) is 60.4 cm³/mol. The van der Waals surface area contributed by atoms with E-state index in [1.807, 2.05) is 12.5 Å². The molecule has 0 bridgehead atoms. The van der Waals surface area contributed by atoms with E-state index in [2.05, 4.69) is 15.4 Å². The van der Waals surface area contributed by atoms with E-state index in [0.717, 1.165) is 0 Å². The molecular formula is C9H13N7O2. The predicted octanol–water partition coefficient (Wildman–Crippen LogP) is -1.31. The van der Waals surface area contributed by atoms with Gasteiger partial charge in [0, 0.05) is 7.05 Å². The van der Waals surface area contributed by atoms with E-state index in [1.54, 1.807) is 17.1 Å². The Balaban J connectivity index is 1.83. The summed E-state index contributed by atoms with van der Waals surface area (Å²) >= 11 is 0. The van der Waals surface area contributed by atoms with Crippen molar-refractivity contribution in [1.82, 2.24) is 30.2 Å². The van der Waals surface area contributed by atoms with Crippen LogP contribution in [0.5, 0.6) is 5.75 Å². The molecule has 0 saturated carbocycles. The van der Waals surface area contributed by atoms with Gasteiger partial charge in [0.25, 0.3) is 5.91 Å². The third-order valence-corrected chi connectivity index (χ3v) is 2.17. The van der Waals surface area contributed by atoms with Crippen molar-refractivity contribution in [1.29, 1.82) is 0 Å². The van der Waals surface area contributed by atoms with Gasteiger partial charge in [0.05, 0.1) is 25.1 Å². The van der Waals surface area contributed by atoms with Crippen molar-refractivity contribution in [3.8, 4) is 5.75 Å². The van der Waals surface area contributed by atoms with Gasteiger partial charge in [-0.05, 0) is 0 Å². The number of carbonyl (C=O) groups is 1. The lowest BCUT2D eigenvalue weighted by molar-refractivity contribution is 0.0948. The first-order valence-corrected chi connectivity index (χ1v) is 5.21. The number of nitrogens with zero attached hydrogens (tertiary/aromatic N) is 5. The third-order valence-electron chi connectivity index (χ3n) is 2.17. The number of nitrogen functional groups attached to an aromatic ring is 1. The van der Waals surface area contributed by atoms with Crippen molar-refractivity contribution < 1.29 is 9.53 Å². The number of nitrogens with one attached hydrogen (secondary N) is 1. The van der Waals surface area contributed by atoms with Crippen LogP contribution in [-0.2, 0) is 13.6 Å². The number of rotatable bonds is 5. The normalized spacial score (nSPS) is 10.3. The maximum atomic E-state index is 11.1. The Morgan fingerprint density at radius 3 is 3.06 bits per heavy atom. The van der Waals surface area contributed by atoms with E-state index >= 15 is 0 Å². The van der Waals surface area contributed by atoms with Crippen molar-refractivity contribution in [3.63, 3.8) is 0 Å². The Morgan fingerprint density at radius 1 is 1.56 bits per heavy atom. The lowest BCUT2D eigenvalue weighted by Gasteiger charge is -2.02. The molecule has 0 aliphatic rings. The first-order chi connectivity index (χ1) is 8.69. The molecule has 0 spiro atoms. The molecule has 2 aromatic rings. The molecule has 0 fully saturated rings. The summed E-state index contributed by atoms with van der Waals surface area (Å²) in [6, 6.07) is 0. The molecule has 0 aliphatic carbocycles. The zero-order chi connectivity index (χ0) is 13.0. The summed E-state index contributed by atoms with van der Waals surface area (Å²) in [5.41, 5.74) is 2.15. The zero-order valence-corrected chi connectivity index (χ0v) is 9.78. The minimum Gasteiger partial charge on any atom is -0.488 e. The van der Waals surface area contributed by atoms with Gasteiger partial charge < -0.3 is 4.74 Å². The average molecular weight is 251 g/mol. The van der Waals surface area contributed by atoms with Crippen molar-refractivity contribution >= 4 is 5.91 Å². The molecular weight excluding hydrogens is 238 g/mol. The standard InChI is InChI=1S/C9H13N7O2/c1-15-5-7(4-11-15)18-3-2-16-6-8(13-14-16)9(17)12-10/h4-6H,2-3,10H2,1H3,(H,12,17). The largest absolute Gasteiger partial charge is 0.488 e. The summed E-state index contributed by atoms with van der Waals surface area (Å²) in [5.74, 6) is 5.18. The van der Waals surface area contributed by atoms with Crippen LogP contribution in [0.2, 0.25) is 0 Å². The number of amides is 1. The first-order valence-electron chi connectivity index (χ1n) is 5.21. The van der Waals surface area contributed by atoms with Crippen LogP contribution in [0, 0.1) is 0 Å². The number of hydrazine groups is 1. The van der Waals surface area contributed by atoms with Crippen molar-refractivity contribution in [3.05, 3.63) is 24.3 Å². The first kappa shape index (κ1) is 12.0. The van der Waals surface area contributed by atoms with Crippen molar-refractivity contribution in [2.45, 2.75) is 6.54 Å². The summed E-state index contributed by atoms with van der Waals surface area (Å²) in [5, 5.41) is 11.4. The van der Waals surface area contributed by atoms with E-state index in [4.69, 9.17) is 10.6 Å². The number of aryl methyl sites for hydroxylation is 1. The van der Waals surface area contributed by atoms with Gasteiger partial charge in [-0.3, -0.25) is 14.9 Å². The summed E-state index contributed by atoms with van der Waals surface area (Å²) < 4.78 is 8.58. The highest BCUT2D eigenvalue weighted by atomic mass is 16.5. The highest BCUT2D eigenvalue weighted by Crippen LogP contribution is 2.06. The van der Waals surface area contributed by atoms with Gasteiger partial charge in [-0.1, -0.05) is 5.21 Å². The van der Waals surface area contributed by atoms with Crippen LogP contribution in [-0.4, -0.2) is 37.3 Å². The van der Waals surface area contributed by atoms with Gasteiger partial charge in [0.15, 0.2) is 11.4 Å². The molecule has 0 unspecified atom stereocenters. The van der Waals surface area contributed by atoms with Gasteiger partial charge in [0.2, 0.25) is 0 Å². The average Bonchev–Trinajstić information content (AvgIpc) is 2.98. The fourth-order valence-electron chi connectivity index (χ4n) is 1.32. The number of carbonyl (C=O) groups excluding carboxylic acids is 1. The molecule has 0 aromatic carbocycles. The Kier molecular flexibility index (Phi) is 3.53. The minimum atomic E-state index is -0.477. The van der Waals surface area contributed by atoms with Crippen LogP contribution in [0.4, 0.5) is 0 Å². The second-order valence-electron chi connectivity index (χ2n) is 3.54. The second kappa shape index (κ2) is 5.27. The van der Waals surface area contributed by atoms with Gasteiger partial charge in [0.1, 0.15) is 6.61 Å². The van der Waals surface area contributed by atoms with Crippen molar-refractivity contribution in [2.24, 2.45) is 12.9 Å². The van der Waals surface area contributed by atoms with Crippen LogP contribution < -0.4 is 16.0 Å². The van der Waals surface area contributed by atoms with Crippen LogP contribution in [0.25, 0.3) is 0 Å². The Bertz CT molecular complexity index is 533. The second-order valence-corrected chi connectivity index (χ2v) is 3.54. The van der Waals surface area contributed by atoms with Gasteiger partial charge in [-0.15, -0.1) is 5.10 Å². The van der Waals surface area contributed by atoms with Gasteiger partial charge in [-0.2, -0.15) is 5.10 Å². The molecule has 96 valence electrons. The van der Waals surface area contributed by atoms with Gasteiger partial charge >= 0.3 is 0 Å². The number of nitrogens with two attached hydrogens (primary N) is 1. The lowest BCUT2D eigenvalue weighted by Crippen LogP contribution is -2.30. The number of hydrogen-bond donors (Lipinski definition) is 2. The van der Waals surface area contributed by atoms with Crippen molar-refractivity contribution in [2.75, 3.05) is 6.61 Å². The molecule has 0 saturated heterocycles. The maximum Gasteiger partial charge on any atom is 0.287 e. The molecule has 2 heterocycles. The van der Waals surface area contributed by atoms with E-state index < -0.39 is 5.91 Å². The topological polar surface area (TPSA) is 113 Å². The molecule has 2 rings (SSSR count). The highest BCUT2D eigenvalue weighted by molar-refractivity contribution is 5.91. The minimum absolute atomic E-state index is 0.166. The summed E-state index contributed by atoms with van der Waals surface area (Å²) in [6.07, 6.45) is 4.87. The fourth-order valence-corrected chi connectivity index (χ4v) is 1.32. The number of aromatic nitrogens is 5. The quantitative estimate of drug-likeness (QED) is 0.388. The van der Waals surface area contributed by atoms with Crippen LogP contribution in [0.1, 0.15) is 10.5 Å². The third kappa shape index (κ3) is 2.83. The Labute approximate surface area is 102 Å². The molecule has 0 atom stereocenters. The van der Waals surface area contributed by atoms with Crippen LogP contribution >= 0.6 is 0 Å². The zero-order valence-electron chi connectivity index (χ0n) is 9.78. The SMILES string of the molecule is Cn1cc(OCCn2cc(C(=O)NN)nn2)cn1. The number of hydrogen-bond acceptors (Lipinski definition) is 6. The smallest absolute Gasteiger partial charge is 0.287 e. The molecule has 0 radical (unpaired) electrons. The molecule has 2 aromatic heterocycles. The molecule has 0 aliphatic heterocycles. The molecule has 1 amide bonds. The van der Waals surface area contributed by atoms with E-state index in [0.29, 0.717) is 18.9 Å². The molecule has 9 nitrogen and oxygen atoms in total. The summed E-state index contributed by atoms with van der Waals surface area (Å²) in [4.78, 5) is 11.1. The van der Waals surface area contributed by atoms with E-state index in [-0.39, 0.29) is 5.69 Å². The fraction of sp³-hybridized carbons (Fsp3) is 0.333. The molecule has 9 heteroatoms. The molecule has 18 heavy (non-hydrogen) atoms. The van der Waals surface area contributed by atoms with Crippen LogP contribution in [0.3, 0.4) is 0 Å². The molecule has 3 N–H and O–H groups in total. The lowest BCUT2D eigenvalue weighted by atomic mass is 10.4. The monoisotopic (exact) mass is 251 g/mol. The van der Waals surface area contributed by atoms with Crippen LogP contribution in [0.15, 0.2) is 18.6 Å².